The molecule has 0 bridgehead atoms. The summed E-state index contributed by atoms with van der Waals surface area (Å²) in [4.78, 5) is 19.1. The van der Waals surface area contributed by atoms with Crippen LogP contribution in [0.5, 0.6) is 0 Å². The van der Waals surface area contributed by atoms with Crippen LogP contribution in [0.25, 0.3) is 17.1 Å². The molecular formula is C18H16N4OS. The maximum atomic E-state index is 12.0. The third kappa shape index (κ3) is 4.05. The van der Waals surface area contributed by atoms with Crippen molar-refractivity contribution in [2.24, 2.45) is 0 Å². The molecule has 5 nitrogen and oxygen atoms in total. The minimum Gasteiger partial charge on any atom is -0.358 e. The van der Waals surface area contributed by atoms with Gasteiger partial charge in [-0.2, -0.15) is 0 Å². The van der Waals surface area contributed by atoms with Gasteiger partial charge in [0.1, 0.15) is 5.69 Å². The van der Waals surface area contributed by atoms with Crippen molar-refractivity contribution >= 4 is 34.4 Å². The van der Waals surface area contributed by atoms with Crippen molar-refractivity contribution in [2.75, 3.05) is 0 Å². The van der Waals surface area contributed by atoms with E-state index in [1.165, 1.54) is 0 Å². The lowest BCUT2D eigenvalue weighted by Crippen LogP contribution is -2.31. The standard InChI is InChI=1S/C18H16N4OS/c23-17-16(21-14-8-4-5-9-15(14)22-17)10-11-19-18(24)20-12-13-6-2-1-3-7-13/h1-11H,12H2,(H,22,23)(H2,19,20,24)/b11-10-. The molecule has 3 rings (SSSR count). The van der Waals surface area contributed by atoms with Crippen LogP contribution in [0.3, 0.4) is 0 Å². The largest absolute Gasteiger partial charge is 0.358 e. The Kier molecular flexibility index (Phi) is 4.98. The van der Waals surface area contributed by atoms with Gasteiger partial charge in [-0.1, -0.05) is 42.5 Å². The van der Waals surface area contributed by atoms with Gasteiger partial charge in [0, 0.05) is 12.7 Å². The topological polar surface area (TPSA) is 69.8 Å². The van der Waals surface area contributed by atoms with Crippen LogP contribution >= 0.6 is 12.2 Å². The van der Waals surface area contributed by atoms with Crippen LogP contribution in [0, 0.1) is 0 Å². The highest BCUT2D eigenvalue weighted by Crippen LogP contribution is 2.06. The molecule has 0 fully saturated rings. The van der Waals surface area contributed by atoms with E-state index in [9.17, 15) is 4.79 Å². The first-order valence-electron chi connectivity index (χ1n) is 7.46. The molecule has 0 unspecified atom stereocenters. The Balaban J connectivity index is 1.60. The number of benzene rings is 2. The lowest BCUT2D eigenvalue weighted by atomic mass is 10.2. The molecule has 1 aromatic heterocycles. The SMILES string of the molecule is O=c1[nH]c2ccccc2nc1/C=C\NC(=S)NCc1ccccc1. The van der Waals surface area contributed by atoms with Gasteiger partial charge in [-0.25, -0.2) is 4.98 Å². The molecule has 3 aromatic rings. The lowest BCUT2D eigenvalue weighted by molar-refractivity contribution is 0.901. The number of thiocarbonyl (C=S) groups is 1. The zero-order valence-corrected chi connectivity index (χ0v) is 13.6. The summed E-state index contributed by atoms with van der Waals surface area (Å²) in [6.07, 6.45) is 3.20. The van der Waals surface area contributed by atoms with Crippen molar-refractivity contribution in [3.63, 3.8) is 0 Å². The first kappa shape index (κ1) is 15.9. The van der Waals surface area contributed by atoms with E-state index in [0.717, 1.165) is 11.1 Å². The molecule has 0 radical (unpaired) electrons. The van der Waals surface area contributed by atoms with Crippen LogP contribution in [0.15, 0.2) is 65.6 Å². The molecule has 2 aromatic carbocycles. The molecule has 6 heteroatoms. The number of fused-ring (bicyclic) bond motifs is 1. The van der Waals surface area contributed by atoms with Crippen molar-refractivity contribution in [3.8, 4) is 0 Å². The number of aromatic amines is 1. The quantitative estimate of drug-likeness (QED) is 0.639. The van der Waals surface area contributed by atoms with Gasteiger partial charge in [-0.15, -0.1) is 0 Å². The Labute approximate surface area is 144 Å². The number of nitrogens with one attached hydrogen (secondary N) is 3. The molecule has 0 aliphatic carbocycles. The maximum Gasteiger partial charge on any atom is 0.274 e. The number of para-hydroxylation sites is 2. The number of hydrogen-bond acceptors (Lipinski definition) is 3. The second-order valence-electron chi connectivity index (χ2n) is 5.11. The fourth-order valence-electron chi connectivity index (χ4n) is 2.18. The molecule has 3 N–H and O–H groups in total. The van der Waals surface area contributed by atoms with Crippen molar-refractivity contribution in [2.45, 2.75) is 6.54 Å². The van der Waals surface area contributed by atoms with Gasteiger partial charge in [0.2, 0.25) is 0 Å². The summed E-state index contributed by atoms with van der Waals surface area (Å²) in [7, 11) is 0. The Morgan fingerprint density at radius 1 is 1.12 bits per heavy atom. The molecule has 0 saturated carbocycles. The van der Waals surface area contributed by atoms with Gasteiger partial charge in [0.25, 0.3) is 5.56 Å². The first-order chi connectivity index (χ1) is 11.7. The molecule has 120 valence electrons. The van der Waals surface area contributed by atoms with Gasteiger partial charge < -0.3 is 15.6 Å². The fraction of sp³-hybridized carbons (Fsp3) is 0.0556. The summed E-state index contributed by atoms with van der Waals surface area (Å²) < 4.78 is 0. The number of hydrogen-bond donors (Lipinski definition) is 3. The van der Waals surface area contributed by atoms with Crippen LogP contribution in [0.4, 0.5) is 0 Å². The number of H-pyrrole nitrogens is 1. The van der Waals surface area contributed by atoms with Crippen LogP contribution in [-0.2, 0) is 6.54 Å². The van der Waals surface area contributed by atoms with Crippen molar-refractivity contribution in [1.82, 2.24) is 20.6 Å². The van der Waals surface area contributed by atoms with Crippen molar-refractivity contribution in [1.29, 1.82) is 0 Å². The average Bonchev–Trinajstić information content (AvgIpc) is 2.61. The Hall–Kier alpha value is -2.99. The zero-order chi connectivity index (χ0) is 16.8. The molecule has 0 atom stereocenters. The van der Waals surface area contributed by atoms with Crippen molar-refractivity contribution < 1.29 is 0 Å². The van der Waals surface area contributed by atoms with E-state index < -0.39 is 0 Å². The molecule has 0 saturated heterocycles. The lowest BCUT2D eigenvalue weighted by Gasteiger charge is -2.07. The van der Waals surface area contributed by atoms with Crippen LogP contribution < -0.4 is 16.2 Å². The number of aromatic nitrogens is 2. The van der Waals surface area contributed by atoms with Crippen molar-refractivity contribution in [3.05, 3.63) is 82.4 Å². The van der Waals surface area contributed by atoms with E-state index in [1.54, 1.807) is 12.3 Å². The van der Waals surface area contributed by atoms with Gasteiger partial charge in [-0.3, -0.25) is 4.79 Å². The zero-order valence-electron chi connectivity index (χ0n) is 12.8. The summed E-state index contributed by atoms with van der Waals surface area (Å²) in [5.74, 6) is 0. The Morgan fingerprint density at radius 2 is 1.88 bits per heavy atom. The van der Waals surface area contributed by atoms with Gasteiger partial charge in [0.15, 0.2) is 5.11 Å². The highest BCUT2D eigenvalue weighted by Gasteiger charge is 2.01. The van der Waals surface area contributed by atoms with Crippen LogP contribution in [-0.4, -0.2) is 15.1 Å². The smallest absolute Gasteiger partial charge is 0.274 e. The summed E-state index contributed by atoms with van der Waals surface area (Å²) >= 11 is 5.20. The van der Waals surface area contributed by atoms with E-state index in [1.807, 2.05) is 54.6 Å². The maximum absolute atomic E-state index is 12.0. The molecule has 0 aliphatic heterocycles. The first-order valence-corrected chi connectivity index (χ1v) is 7.87. The van der Waals surface area contributed by atoms with Gasteiger partial charge >= 0.3 is 0 Å². The van der Waals surface area contributed by atoms with Gasteiger partial charge in [-0.05, 0) is 36.0 Å². The number of rotatable bonds is 4. The molecule has 0 spiro atoms. The predicted molar refractivity (Wildman–Crippen MR) is 100 cm³/mol. The molecule has 0 aliphatic rings. The second-order valence-corrected chi connectivity index (χ2v) is 5.52. The monoisotopic (exact) mass is 336 g/mol. The fourth-order valence-corrected chi connectivity index (χ4v) is 2.32. The minimum atomic E-state index is -0.241. The highest BCUT2D eigenvalue weighted by atomic mass is 32.1. The Morgan fingerprint density at radius 3 is 2.71 bits per heavy atom. The summed E-state index contributed by atoms with van der Waals surface area (Å²) in [6, 6.07) is 17.4. The summed E-state index contributed by atoms with van der Waals surface area (Å²) in [5, 5.41) is 6.49. The second kappa shape index (κ2) is 7.52. The highest BCUT2D eigenvalue weighted by molar-refractivity contribution is 7.80. The summed E-state index contributed by atoms with van der Waals surface area (Å²) in [5.41, 5.74) is 2.68. The van der Waals surface area contributed by atoms with Crippen LogP contribution in [0.2, 0.25) is 0 Å². The minimum absolute atomic E-state index is 0.241. The van der Waals surface area contributed by atoms with E-state index in [-0.39, 0.29) is 5.56 Å². The Bertz CT molecular complexity index is 934. The molecule has 1 heterocycles. The van der Waals surface area contributed by atoms with E-state index >= 15 is 0 Å². The molecule has 0 amide bonds. The third-order valence-electron chi connectivity index (χ3n) is 3.38. The number of nitrogens with zero attached hydrogens (tertiary/aromatic N) is 1. The average molecular weight is 336 g/mol. The molecule has 24 heavy (non-hydrogen) atoms. The van der Waals surface area contributed by atoms with Gasteiger partial charge in [0.05, 0.1) is 11.0 Å². The summed E-state index contributed by atoms with van der Waals surface area (Å²) in [6.45, 7) is 0.634. The normalized spacial score (nSPS) is 10.8. The van der Waals surface area contributed by atoms with E-state index in [2.05, 4.69) is 20.6 Å². The van der Waals surface area contributed by atoms with E-state index in [4.69, 9.17) is 12.2 Å². The van der Waals surface area contributed by atoms with Crippen LogP contribution in [0.1, 0.15) is 11.3 Å². The predicted octanol–water partition coefficient (Wildman–Crippen LogP) is 2.56. The third-order valence-corrected chi connectivity index (χ3v) is 3.64. The molecular weight excluding hydrogens is 320 g/mol. The van der Waals surface area contributed by atoms with E-state index in [0.29, 0.717) is 22.9 Å².